The molecule has 2 aromatic heterocycles. The van der Waals surface area contributed by atoms with E-state index in [0.29, 0.717) is 12.1 Å². The van der Waals surface area contributed by atoms with E-state index < -0.39 is 101 Å². The average molecular weight is 556 g/mol. The second-order valence-corrected chi connectivity index (χ2v) is 8.16. The molecule has 0 N–H and O–H groups in total. The molecule has 196 valence electrons. The quantitative estimate of drug-likeness (QED) is 0.210. The first kappa shape index (κ1) is 26.0. The molecule has 0 atom stereocenters. The molecule has 0 spiro atoms. The van der Waals surface area contributed by atoms with Crippen molar-refractivity contribution in [2.75, 3.05) is 0 Å². The number of fused-ring (bicyclic) bond motifs is 6. The predicted octanol–water partition coefficient (Wildman–Crippen LogP) is 6.20. The summed E-state index contributed by atoms with van der Waals surface area (Å²) in [6.07, 6.45) is -10.3. The van der Waals surface area contributed by atoms with Crippen LogP contribution in [0.1, 0.15) is 11.1 Å². The van der Waals surface area contributed by atoms with Crippen LogP contribution in [-0.4, -0.2) is 0 Å². The average Bonchev–Trinajstić information content (AvgIpc) is 3.45. The van der Waals surface area contributed by atoms with Crippen molar-refractivity contribution < 1.29 is 44.0 Å². The van der Waals surface area contributed by atoms with Gasteiger partial charge in [-0.3, -0.25) is 0 Å². The van der Waals surface area contributed by atoms with Gasteiger partial charge in [0.1, 0.15) is 46.6 Å². The molecule has 0 radical (unpaired) electrons. The lowest BCUT2D eigenvalue weighted by Crippen LogP contribution is -2.16. The van der Waals surface area contributed by atoms with E-state index in [2.05, 4.69) is 0 Å². The Balaban J connectivity index is 2.26. The van der Waals surface area contributed by atoms with Gasteiger partial charge in [-0.25, -0.2) is 8.78 Å². The number of alkyl halides is 6. The van der Waals surface area contributed by atoms with E-state index in [1.165, 1.54) is 24.3 Å². The van der Waals surface area contributed by atoms with Gasteiger partial charge in [-0.1, -0.05) is 0 Å². The minimum absolute atomic E-state index is 0.339. The van der Waals surface area contributed by atoms with E-state index in [0.717, 1.165) is 12.1 Å². The smallest absolute Gasteiger partial charge is 0.419 e. The van der Waals surface area contributed by atoms with Crippen LogP contribution < -0.4 is 10.4 Å². The summed E-state index contributed by atoms with van der Waals surface area (Å²) >= 11 is 0. The van der Waals surface area contributed by atoms with Crippen LogP contribution in [0.15, 0.2) is 33.1 Å². The van der Waals surface area contributed by atoms with Crippen molar-refractivity contribution in [1.29, 1.82) is 21.0 Å². The minimum atomic E-state index is -5.17. The summed E-state index contributed by atoms with van der Waals surface area (Å²) < 4.78 is 121. The second kappa shape index (κ2) is 8.45. The number of nitrogens with zero attached hydrogens (tertiary/aromatic N) is 4. The maximum absolute atomic E-state index is 15.1. The Kier molecular flexibility index (Phi) is 5.50. The second-order valence-electron chi connectivity index (χ2n) is 8.16. The van der Waals surface area contributed by atoms with Crippen LogP contribution >= 0.6 is 0 Å². The fraction of sp³-hybridized carbons (Fsp3) is 0.0769. The zero-order valence-electron chi connectivity index (χ0n) is 18.9. The summed E-state index contributed by atoms with van der Waals surface area (Å²) in [5, 5.41) is 35.5. The number of halogens is 8. The summed E-state index contributed by atoms with van der Waals surface area (Å²) in [6, 6.07) is 8.15. The SMILES string of the molecule is N#CC(C#N)=c1c2oc3c(F)c(C(F)(F)F)ccc3c2c(=C(C#N)C#N)c2oc3c(F)c(C(F)(F)F)ccc3c12. The van der Waals surface area contributed by atoms with Crippen molar-refractivity contribution in [3.05, 3.63) is 57.5 Å². The highest BCUT2D eigenvalue weighted by Gasteiger charge is 2.38. The lowest BCUT2D eigenvalue weighted by Gasteiger charge is -2.07. The Labute approximate surface area is 214 Å². The topological polar surface area (TPSA) is 121 Å². The number of nitriles is 4. The van der Waals surface area contributed by atoms with E-state index in [4.69, 9.17) is 8.83 Å². The van der Waals surface area contributed by atoms with E-state index >= 15 is 8.78 Å². The molecule has 0 saturated heterocycles. The maximum Gasteiger partial charge on any atom is 0.419 e. The molecule has 14 heteroatoms. The molecule has 0 aliphatic heterocycles. The van der Waals surface area contributed by atoms with Gasteiger partial charge in [-0.15, -0.1) is 0 Å². The number of furan rings is 2. The lowest BCUT2D eigenvalue weighted by atomic mass is 9.98. The van der Waals surface area contributed by atoms with Crippen LogP contribution in [0.25, 0.3) is 55.0 Å². The van der Waals surface area contributed by atoms with Gasteiger partial charge in [0.25, 0.3) is 0 Å². The highest BCUT2D eigenvalue weighted by Crippen LogP contribution is 2.40. The summed E-state index contributed by atoms with van der Waals surface area (Å²) in [4.78, 5) is 0. The molecule has 40 heavy (non-hydrogen) atoms. The third-order valence-electron chi connectivity index (χ3n) is 6.11. The molecule has 3 aromatic carbocycles. The minimum Gasteiger partial charge on any atom is -0.452 e. The van der Waals surface area contributed by atoms with Crippen molar-refractivity contribution in [3.8, 4) is 24.3 Å². The van der Waals surface area contributed by atoms with E-state index in [-0.39, 0.29) is 0 Å². The zero-order valence-corrected chi connectivity index (χ0v) is 18.9. The molecule has 5 rings (SSSR count). The van der Waals surface area contributed by atoms with Crippen molar-refractivity contribution in [1.82, 2.24) is 0 Å². The number of hydrogen-bond donors (Lipinski definition) is 0. The molecule has 0 bridgehead atoms. The largest absolute Gasteiger partial charge is 0.452 e. The van der Waals surface area contributed by atoms with Crippen LogP contribution in [0.3, 0.4) is 0 Å². The van der Waals surface area contributed by atoms with E-state index in [1.54, 1.807) is 0 Å². The van der Waals surface area contributed by atoms with Gasteiger partial charge in [-0.2, -0.15) is 47.4 Å². The van der Waals surface area contributed by atoms with Crippen molar-refractivity contribution in [2.45, 2.75) is 12.4 Å². The van der Waals surface area contributed by atoms with Crippen LogP contribution in [0, 0.1) is 57.0 Å². The van der Waals surface area contributed by atoms with Gasteiger partial charge in [0.2, 0.25) is 0 Å². The first-order valence-corrected chi connectivity index (χ1v) is 10.5. The molecule has 2 heterocycles. The molecule has 0 aliphatic rings. The maximum atomic E-state index is 15.1. The Morgan fingerprint density at radius 3 is 1.15 bits per heavy atom. The normalized spacial score (nSPS) is 11.9. The Morgan fingerprint density at radius 2 is 0.875 bits per heavy atom. The molecule has 0 aliphatic carbocycles. The van der Waals surface area contributed by atoms with Gasteiger partial charge < -0.3 is 8.83 Å². The van der Waals surface area contributed by atoms with E-state index in [9.17, 15) is 47.4 Å². The molecule has 0 unspecified atom stereocenters. The van der Waals surface area contributed by atoms with Gasteiger partial charge in [0, 0.05) is 21.5 Å². The summed E-state index contributed by atoms with van der Waals surface area (Å²) in [5.74, 6) is -3.79. The van der Waals surface area contributed by atoms with Gasteiger partial charge >= 0.3 is 12.4 Å². The third-order valence-corrected chi connectivity index (χ3v) is 6.11. The van der Waals surface area contributed by atoms with Gasteiger partial charge in [0.15, 0.2) is 22.8 Å². The fourth-order valence-corrected chi connectivity index (χ4v) is 4.52. The fourth-order valence-electron chi connectivity index (χ4n) is 4.52. The Bertz CT molecular complexity index is 2070. The van der Waals surface area contributed by atoms with Crippen LogP contribution in [-0.2, 0) is 12.4 Å². The predicted molar refractivity (Wildman–Crippen MR) is 119 cm³/mol. The molecule has 0 saturated carbocycles. The molecular weight excluding hydrogens is 552 g/mol. The zero-order chi connectivity index (χ0) is 29.3. The number of rotatable bonds is 0. The van der Waals surface area contributed by atoms with Crippen molar-refractivity contribution >= 4 is 55.0 Å². The van der Waals surface area contributed by atoms with Crippen molar-refractivity contribution in [3.63, 3.8) is 0 Å². The third kappa shape index (κ3) is 3.44. The summed E-state index contributed by atoms with van der Waals surface area (Å²) in [7, 11) is 0. The summed E-state index contributed by atoms with van der Waals surface area (Å²) in [6.45, 7) is 0. The van der Waals surface area contributed by atoms with Crippen molar-refractivity contribution in [2.24, 2.45) is 0 Å². The molecule has 5 aromatic rings. The molecular formula is C26H4F8N4O2. The lowest BCUT2D eigenvalue weighted by molar-refractivity contribution is -0.140. The number of benzene rings is 3. The van der Waals surface area contributed by atoms with Crippen LogP contribution in [0.4, 0.5) is 35.1 Å². The highest BCUT2D eigenvalue weighted by atomic mass is 19.4. The highest BCUT2D eigenvalue weighted by molar-refractivity contribution is 6.18. The van der Waals surface area contributed by atoms with Gasteiger partial charge in [-0.05, 0) is 24.3 Å². The number of hydrogen-bond acceptors (Lipinski definition) is 6. The monoisotopic (exact) mass is 556 g/mol. The first-order valence-electron chi connectivity index (χ1n) is 10.5. The van der Waals surface area contributed by atoms with Crippen LogP contribution in [0.2, 0.25) is 0 Å². The first-order chi connectivity index (χ1) is 18.8. The standard InChI is InChI=1S/C26H4F8N4O2/c27-19-13(25(29,30)31)3-1-11-17-15(9(5-35)6-36)24-18(16(10(7-37)8-38)23(17)39-21(11)19)12-2-4-14(26(32,33)34)20(28)22(12)40-24/h1-4H. The summed E-state index contributed by atoms with van der Waals surface area (Å²) in [5.41, 5.74) is -8.52. The van der Waals surface area contributed by atoms with Crippen LogP contribution in [0.5, 0.6) is 0 Å². The van der Waals surface area contributed by atoms with E-state index in [1.807, 2.05) is 0 Å². The Hall–Kier alpha value is -5.60. The van der Waals surface area contributed by atoms with Gasteiger partial charge in [0.05, 0.1) is 21.6 Å². The molecule has 6 nitrogen and oxygen atoms in total. The molecule has 0 fully saturated rings. The Morgan fingerprint density at radius 1 is 0.550 bits per heavy atom. The molecule has 0 amide bonds.